The van der Waals surface area contributed by atoms with Crippen LogP contribution in [0.3, 0.4) is 0 Å². The first kappa shape index (κ1) is 18.6. The van der Waals surface area contributed by atoms with Gasteiger partial charge in [0.15, 0.2) is 5.92 Å². The summed E-state index contributed by atoms with van der Waals surface area (Å²) >= 11 is 0. The van der Waals surface area contributed by atoms with Gasteiger partial charge in [0, 0.05) is 6.04 Å². The van der Waals surface area contributed by atoms with Crippen molar-refractivity contribution in [2.45, 2.75) is 70.3 Å². The summed E-state index contributed by atoms with van der Waals surface area (Å²) in [6.45, 7) is 1.90. The molecule has 1 atom stereocenters. The van der Waals surface area contributed by atoms with Crippen LogP contribution in [-0.2, 0) is 0 Å². The molecule has 0 saturated heterocycles. The molecule has 1 saturated carbocycles. The Kier molecular flexibility index (Phi) is 6.81. The Bertz CT molecular complexity index is 277. The molecule has 1 rings (SSSR count). The van der Waals surface area contributed by atoms with Gasteiger partial charge in [0.05, 0.1) is 0 Å². The maximum Gasteiger partial charge on any atom is 0.402 e. The highest BCUT2D eigenvalue weighted by molar-refractivity contribution is 4.92. The van der Waals surface area contributed by atoms with Crippen molar-refractivity contribution in [2.24, 2.45) is 11.8 Å². The van der Waals surface area contributed by atoms with Crippen molar-refractivity contribution in [3.05, 3.63) is 0 Å². The molecule has 126 valence electrons. The third kappa shape index (κ3) is 5.68. The summed E-state index contributed by atoms with van der Waals surface area (Å²) in [5.74, 6) is -3.84. The van der Waals surface area contributed by atoms with E-state index in [1.807, 2.05) is 0 Å². The van der Waals surface area contributed by atoms with Gasteiger partial charge in [-0.25, -0.2) is 0 Å². The van der Waals surface area contributed by atoms with E-state index in [0.717, 1.165) is 12.8 Å². The molecule has 0 aromatic heterocycles. The lowest BCUT2D eigenvalue weighted by Crippen LogP contribution is -2.54. The van der Waals surface area contributed by atoms with Gasteiger partial charge >= 0.3 is 12.4 Å². The second-order valence-corrected chi connectivity index (χ2v) is 5.79. The largest absolute Gasteiger partial charge is 0.402 e. The highest BCUT2D eigenvalue weighted by Crippen LogP contribution is 2.45. The second kappa shape index (κ2) is 7.70. The van der Waals surface area contributed by atoms with Crippen LogP contribution in [-0.4, -0.2) is 24.9 Å². The highest BCUT2D eigenvalue weighted by atomic mass is 19.4. The predicted molar refractivity (Wildman–Crippen MR) is 68.9 cm³/mol. The number of nitrogens with one attached hydrogen (secondary N) is 1. The first-order chi connectivity index (χ1) is 9.68. The molecule has 0 aromatic carbocycles. The van der Waals surface area contributed by atoms with E-state index in [9.17, 15) is 26.3 Å². The Morgan fingerprint density at radius 3 is 1.76 bits per heavy atom. The minimum absolute atomic E-state index is 0.170. The Morgan fingerprint density at radius 1 is 0.905 bits per heavy atom. The highest BCUT2D eigenvalue weighted by Gasteiger charge is 2.61. The van der Waals surface area contributed by atoms with Gasteiger partial charge in [-0.3, -0.25) is 0 Å². The van der Waals surface area contributed by atoms with Crippen LogP contribution in [0.25, 0.3) is 0 Å². The van der Waals surface area contributed by atoms with E-state index in [1.165, 1.54) is 0 Å². The minimum Gasteiger partial charge on any atom is -0.313 e. The van der Waals surface area contributed by atoms with E-state index >= 15 is 0 Å². The molecule has 1 aliphatic carbocycles. The van der Waals surface area contributed by atoms with Crippen LogP contribution in [0.1, 0.15) is 51.9 Å². The standard InChI is InChI=1S/C14H23F6N/c1-2-9-21-11(10-7-5-3-4-6-8-10)12(13(15,16)17)14(18,19)20/h10-12,21H,2-9H2,1H3. The predicted octanol–water partition coefficient (Wildman–Crippen LogP) is 5.07. The molecule has 7 heteroatoms. The third-order valence-electron chi connectivity index (χ3n) is 4.10. The van der Waals surface area contributed by atoms with Crippen molar-refractivity contribution >= 4 is 0 Å². The van der Waals surface area contributed by atoms with Crippen LogP contribution >= 0.6 is 0 Å². The van der Waals surface area contributed by atoms with Crippen LogP contribution in [0.5, 0.6) is 0 Å². The zero-order chi connectivity index (χ0) is 16.1. The van der Waals surface area contributed by atoms with E-state index in [1.54, 1.807) is 6.92 Å². The molecule has 0 heterocycles. The minimum atomic E-state index is -5.27. The van der Waals surface area contributed by atoms with Gasteiger partial charge in [-0.2, -0.15) is 26.3 Å². The zero-order valence-corrected chi connectivity index (χ0v) is 12.2. The fourth-order valence-corrected chi connectivity index (χ4v) is 3.13. The monoisotopic (exact) mass is 319 g/mol. The van der Waals surface area contributed by atoms with Crippen LogP contribution in [0.2, 0.25) is 0 Å². The molecule has 1 fully saturated rings. The molecule has 1 N–H and O–H groups in total. The molecule has 1 nitrogen and oxygen atoms in total. The summed E-state index contributed by atoms with van der Waals surface area (Å²) in [5, 5.41) is 2.54. The molecule has 21 heavy (non-hydrogen) atoms. The number of alkyl halides is 6. The Morgan fingerprint density at radius 2 is 1.38 bits per heavy atom. The lowest BCUT2D eigenvalue weighted by Gasteiger charge is -2.36. The smallest absolute Gasteiger partial charge is 0.313 e. The zero-order valence-electron chi connectivity index (χ0n) is 12.2. The quantitative estimate of drug-likeness (QED) is 0.551. The van der Waals surface area contributed by atoms with Gasteiger partial charge in [-0.1, -0.05) is 32.6 Å². The lowest BCUT2D eigenvalue weighted by atomic mass is 9.82. The number of hydrogen-bond donors (Lipinski definition) is 1. The summed E-state index contributed by atoms with van der Waals surface area (Å²) in [5.41, 5.74) is 0. The first-order valence-corrected chi connectivity index (χ1v) is 7.54. The SMILES string of the molecule is CCCNC(C1CCCCCC1)C(C(F)(F)F)C(F)(F)F. The Balaban J connectivity index is 3.00. The third-order valence-corrected chi connectivity index (χ3v) is 4.10. The molecule has 0 bridgehead atoms. The summed E-state index contributed by atoms with van der Waals surface area (Å²) < 4.78 is 77.9. The average molecular weight is 319 g/mol. The fraction of sp³-hybridized carbons (Fsp3) is 1.00. The van der Waals surface area contributed by atoms with E-state index in [-0.39, 0.29) is 6.54 Å². The van der Waals surface area contributed by atoms with Crippen molar-refractivity contribution in [2.75, 3.05) is 6.54 Å². The van der Waals surface area contributed by atoms with Crippen LogP contribution in [0.15, 0.2) is 0 Å². The Hall–Kier alpha value is -0.460. The Labute approximate surface area is 121 Å². The number of rotatable bonds is 5. The van der Waals surface area contributed by atoms with Gasteiger partial charge in [-0.15, -0.1) is 0 Å². The fourth-order valence-electron chi connectivity index (χ4n) is 3.13. The molecule has 0 radical (unpaired) electrons. The van der Waals surface area contributed by atoms with E-state index in [0.29, 0.717) is 32.1 Å². The van der Waals surface area contributed by atoms with Gasteiger partial charge in [0.25, 0.3) is 0 Å². The molecular formula is C14H23F6N. The van der Waals surface area contributed by atoms with Crippen molar-refractivity contribution in [3.63, 3.8) is 0 Å². The van der Waals surface area contributed by atoms with Gasteiger partial charge in [0.1, 0.15) is 0 Å². The summed E-state index contributed by atoms with van der Waals surface area (Å²) in [7, 11) is 0. The van der Waals surface area contributed by atoms with Gasteiger partial charge in [0.2, 0.25) is 0 Å². The molecule has 0 aromatic rings. The lowest BCUT2D eigenvalue weighted by molar-refractivity contribution is -0.295. The molecule has 0 aliphatic heterocycles. The summed E-state index contributed by atoms with van der Waals surface area (Å²) in [4.78, 5) is 0. The number of halogens is 6. The molecule has 0 amide bonds. The van der Waals surface area contributed by atoms with E-state index < -0.39 is 30.2 Å². The van der Waals surface area contributed by atoms with Crippen molar-refractivity contribution in [3.8, 4) is 0 Å². The van der Waals surface area contributed by atoms with E-state index in [2.05, 4.69) is 5.32 Å². The molecule has 1 aliphatic rings. The summed E-state index contributed by atoms with van der Waals surface area (Å²) in [6, 6.07) is -1.57. The maximum atomic E-state index is 13.0. The molecular weight excluding hydrogens is 296 g/mol. The van der Waals surface area contributed by atoms with Crippen LogP contribution in [0, 0.1) is 11.8 Å². The normalized spacial score (nSPS) is 20.6. The molecule has 0 spiro atoms. The molecule has 1 unspecified atom stereocenters. The van der Waals surface area contributed by atoms with Gasteiger partial charge in [-0.05, 0) is 31.7 Å². The first-order valence-electron chi connectivity index (χ1n) is 7.54. The number of hydrogen-bond acceptors (Lipinski definition) is 1. The van der Waals surface area contributed by atoms with Crippen molar-refractivity contribution < 1.29 is 26.3 Å². The van der Waals surface area contributed by atoms with Crippen molar-refractivity contribution in [1.29, 1.82) is 0 Å². The second-order valence-electron chi connectivity index (χ2n) is 5.79. The topological polar surface area (TPSA) is 12.0 Å². The van der Waals surface area contributed by atoms with Crippen molar-refractivity contribution in [1.82, 2.24) is 5.32 Å². The van der Waals surface area contributed by atoms with E-state index in [4.69, 9.17) is 0 Å². The summed E-state index contributed by atoms with van der Waals surface area (Å²) in [6.07, 6.45) is -5.97. The van der Waals surface area contributed by atoms with Crippen LogP contribution < -0.4 is 5.32 Å². The van der Waals surface area contributed by atoms with Crippen LogP contribution in [0.4, 0.5) is 26.3 Å². The maximum absolute atomic E-state index is 13.0. The van der Waals surface area contributed by atoms with Gasteiger partial charge < -0.3 is 5.32 Å². The average Bonchev–Trinajstić information content (AvgIpc) is 2.59.